The minimum Gasteiger partial charge on any atom is -0.382 e. The van der Waals surface area contributed by atoms with Gasteiger partial charge in [0.2, 0.25) is 12.0 Å². The summed E-state index contributed by atoms with van der Waals surface area (Å²) in [6.07, 6.45) is 0.0562. The van der Waals surface area contributed by atoms with E-state index < -0.39 is 12.1 Å². The van der Waals surface area contributed by atoms with Gasteiger partial charge in [0, 0.05) is 19.9 Å². The molecule has 0 aliphatic carbocycles. The van der Waals surface area contributed by atoms with Crippen molar-refractivity contribution in [2.75, 3.05) is 7.05 Å². The van der Waals surface area contributed by atoms with Crippen molar-refractivity contribution in [1.29, 1.82) is 0 Å². The third-order valence-corrected chi connectivity index (χ3v) is 4.23. The molecule has 6 nitrogen and oxygen atoms in total. The first kappa shape index (κ1) is 17.7. The average molecular weight is 351 g/mol. The van der Waals surface area contributed by atoms with Crippen molar-refractivity contribution in [1.82, 2.24) is 10.6 Å². The Morgan fingerprint density at radius 3 is 2.42 bits per heavy atom. The van der Waals surface area contributed by atoms with E-state index in [1.54, 1.807) is 7.05 Å². The van der Waals surface area contributed by atoms with Crippen molar-refractivity contribution in [3.05, 3.63) is 71.8 Å². The topological polar surface area (TPSA) is 79.8 Å². The summed E-state index contributed by atoms with van der Waals surface area (Å²) in [5, 5.41) is 9.39. The Balaban J connectivity index is 1.62. The maximum atomic E-state index is 12.6. The first-order valence-corrected chi connectivity index (χ1v) is 8.51. The molecular weight excluding hydrogens is 330 g/mol. The van der Waals surface area contributed by atoms with Gasteiger partial charge in [0.1, 0.15) is 6.04 Å². The number of likely N-dealkylation sites (N-methyl/N-ethyl adjacent to an activating group) is 1. The van der Waals surface area contributed by atoms with Gasteiger partial charge in [-0.15, -0.1) is 0 Å². The average Bonchev–Trinajstić information content (AvgIpc) is 3.19. The van der Waals surface area contributed by atoms with Crippen LogP contribution in [0.15, 0.2) is 65.8 Å². The summed E-state index contributed by atoms with van der Waals surface area (Å²) in [6, 6.07) is 18.5. The van der Waals surface area contributed by atoms with Gasteiger partial charge in [-0.2, -0.15) is 0 Å². The zero-order chi connectivity index (χ0) is 18.4. The van der Waals surface area contributed by atoms with Gasteiger partial charge in [-0.1, -0.05) is 65.8 Å². The van der Waals surface area contributed by atoms with E-state index >= 15 is 0 Å². The van der Waals surface area contributed by atoms with Crippen LogP contribution in [0.1, 0.15) is 17.5 Å². The maximum Gasteiger partial charge on any atom is 0.265 e. The molecule has 2 atom stereocenters. The Labute approximate surface area is 152 Å². The fourth-order valence-corrected chi connectivity index (χ4v) is 2.82. The van der Waals surface area contributed by atoms with Crippen LogP contribution in [-0.4, -0.2) is 36.7 Å². The lowest BCUT2D eigenvalue weighted by atomic mass is 10.0. The Bertz CT molecular complexity index is 790. The largest absolute Gasteiger partial charge is 0.382 e. The standard InChI is InChI=1S/C20H21N3O3/c1-21-19(24)17(12-14-8-4-2-5-9-14)22-20(25)18-13-16(23-26-18)15-10-6-3-7-11-15/h2-11,17-18H,12-13H2,1H3,(H,21,24)(H,22,25)/t17-,18+/m1/s1. The van der Waals surface area contributed by atoms with Crippen LogP contribution in [-0.2, 0) is 20.8 Å². The van der Waals surface area contributed by atoms with Crippen LogP contribution in [0.25, 0.3) is 0 Å². The van der Waals surface area contributed by atoms with Crippen molar-refractivity contribution in [2.24, 2.45) is 5.16 Å². The molecular formula is C20H21N3O3. The van der Waals surface area contributed by atoms with E-state index in [-0.39, 0.29) is 11.8 Å². The van der Waals surface area contributed by atoms with Crippen molar-refractivity contribution in [3.63, 3.8) is 0 Å². The molecule has 0 spiro atoms. The van der Waals surface area contributed by atoms with Gasteiger partial charge >= 0.3 is 0 Å². The van der Waals surface area contributed by atoms with Crippen LogP contribution < -0.4 is 10.6 Å². The first-order chi connectivity index (χ1) is 12.7. The quantitative estimate of drug-likeness (QED) is 0.831. The number of hydrogen-bond donors (Lipinski definition) is 2. The molecule has 1 heterocycles. The number of nitrogens with one attached hydrogen (secondary N) is 2. The molecule has 134 valence electrons. The number of hydrogen-bond acceptors (Lipinski definition) is 4. The van der Waals surface area contributed by atoms with Crippen LogP contribution in [0.2, 0.25) is 0 Å². The van der Waals surface area contributed by atoms with Crippen LogP contribution in [0, 0.1) is 0 Å². The number of rotatable bonds is 6. The molecule has 0 bridgehead atoms. The highest BCUT2D eigenvalue weighted by Gasteiger charge is 2.31. The molecule has 6 heteroatoms. The molecule has 2 aromatic rings. The van der Waals surface area contributed by atoms with Crippen molar-refractivity contribution >= 4 is 17.5 Å². The molecule has 0 fully saturated rings. The van der Waals surface area contributed by atoms with E-state index in [0.717, 1.165) is 16.8 Å². The Morgan fingerprint density at radius 1 is 1.12 bits per heavy atom. The predicted molar refractivity (Wildman–Crippen MR) is 98.6 cm³/mol. The maximum absolute atomic E-state index is 12.6. The number of benzene rings is 2. The fraction of sp³-hybridized carbons (Fsp3) is 0.250. The van der Waals surface area contributed by atoms with E-state index in [1.807, 2.05) is 60.7 Å². The van der Waals surface area contributed by atoms with Crippen LogP contribution in [0.4, 0.5) is 0 Å². The highest BCUT2D eigenvalue weighted by Crippen LogP contribution is 2.17. The summed E-state index contributed by atoms with van der Waals surface area (Å²) < 4.78 is 0. The van der Waals surface area contributed by atoms with Crippen LogP contribution in [0.5, 0.6) is 0 Å². The minimum atomic E-state index is -0.729. The third-order valence-electron chi connectivity index (χ3n) is 4.23. The molecule has 1 aliphatic heterocycles. The Kier molecular flexibility index (Phi) is 5.63. The lowest BCUT2D eigenvalue weighted by Gasteiger charge is -2.19. The van der Waals surface area contributed by atoms with Crippen molar-refractivity contribution in [3.8, 4) is 0 Å². The molecule has 0 radical (unpaired) electrons. The predicted octanol–water partition coefficient (Wildman–Crippen LogP) is 1.65. The molecule has 1 aliphatic rings. The molecule has 0 unspecified atom stereocenters. The molecule has 2 aromatic carbocycles. The van der Waals surface area contributed by atoms with Gasteiger partial charge in [-0.05, 0) is 11.1 Å². The Hall–Kier alpha value is -3.15. The second-order valence-electron chi connectivity index (χ2n) is 6.07. The lowest BCUT2D eigenvalue weighted by molar-refractivity contribution is -0.135. The zero-order valence-corrected chi connectivity index (χ0v) is 14.5. The summed E-state index contributed by atoms with van der Waals surface area (Å²) in [5.41, 5.74) is 2.62. The number of carbonyl (C=O) groups excluding carboxylic acids is 2. The smallest absolute Gasteiger partial charge is 0.265 e. The van der Waals surface area contributed by atoms with E-state index in [0.29, 0.717) is 12.8 Å². The summed E-state index contributed by atoms with van der Waals surface area (Å²) in [4.78, 5) is 30.0. The van der Waals surface area contributed by atoms with Crippen molar-refractivity contribution in [2.45, 2.75) is 25.0 Å². The number of amides is 2. The molecule has 2 N–H and O–H groups in total. The number of carbonyl (C=O) groups is 2. The molecule has 0 aromatic heterocycles. The molecule has 0 saturated carbocycles. The molecule has 26 heavy (non-hydrogen) atoms. The first-order valence-electron chi connectivity index (χ1n) is 8.51. The van der Waals surface area contributed by atoms with Crippen LogP contribution >= 0.6 is 0 Å². The summed E-state index contributed by atoms with van der Waals surface area (Å²) in [7, 11) is 1.55. The van der Waals surface area contributed by atoms with Gasteiger partial charge in [0.15, 0.2) is 0 Å². The number of nitrogens with zero attached hydrogens (tertiary/aromatic N) is 1. The SMILES string of the molecule is CNC(=O)[C@@H](Cc1ccccc1)NC(=O)[C@@H]1CC(c2ccccc2)=NO1. The van der Waals surface area contributed by atoms with Gasteiger partial charge < -0.3 is 15.5 Å². The highest BCUT2D eigenvalue weighted by molar-refractivity contribution is 6.04. The zero-order valence-electron chi connectivity index (χ0n) is 14.5. The second-order valence-corrected chi connectivity index (χ2v) is 6.07. The summed E-state index contributed by atoms with van der Waals surface area (Å²) in [6.45, 7) is 0. The van der Waals surface area contributed by atoms with Gasteiger partial charge in [0.05, 0.1) is 5.71 Å². The van der Waals surface area contributed by atoms with Gasteiger partial charge in [-0.3, -0.25) is 9.59 Å². The fourth-order valence-electron chi connectivity index (χ4n) is 2.82. The normalized spacial score (nSPS) is 17.0. The van der Waals surface area contributed by atoms with E-state index in [9.17, 15) is 9.59 Å². The molecule has 3 rings (SSSR count). The third kappa shape index (κ3) is 4.27. The van der Waals surface area contributed by atoms with Crippen molar-refractivity contribution < 1.29 is 14.4 Å². The van der Waals surface area contributed by atoms with Gasteiger partial charge in [-0.25, -0.2) is 0 Å². The van der Waals surface area contributed by atoms with Crippen LogP contribution in [0.3, 0.4) is 0 Å². The monoisotopic (exact) mass is 351 g/mol. The highest BCUT2D eigenvalue weighted by atomic mass is 16.6. The van der Waals surface area contributed by atoms with E-state index in [4.69, 9.17) is 4.84 Å². The number of oxime groups is 1. The summed E-state index contributed by atoms with van der Waals surface area (Å²) >= 11 is 0. The van der Waals surface area contributed by atoms with E-state index in [1.165, 1.54) is 0 Å². The van der Waals surface area contributed by atoms with Gasteiger partial charge in [0.25, 0.3) is 5.91 Å². The molecule has 2 amide bonds. The second kappa shape index (κ2) is 8.29. The Morgan fingerprint density at radius 2 is 1.77 bits per heavy atom. The summed E-state index contributed by atoms with van der Waals surface area (Å²) in [5.74, 6) is -0.589. The van der Waals surface area contributed by atoms with E-state index in [2.05, 4.69) is 15.8 Å². The lowest BCUT2D eigenvalue weighted by Crippen LogP contribution is -2.50. The minimum absolute atomic E-state index is 0.246. The molecule has 0 saturated heterocycles.